The standard InChI is InChI=1S/C12H26N4/c1-10(2)16(3)9-5-4-8-14-12(13)15-11-6-7-11/h10-11H,4-9H2,1-3H3,(H3,13,14,15). The first-order valence-electron chi connectivity index (χ1n) is 6.36. The molecule has 4 heteroatoms. The Balaban J connectivity index is 1.97. The van der Waals surface area contributed by atoms with Crippen molar-refractivity contribution in [2.75, 3.05) is 20.1 Å². The molecule has 0 radical (unpaired) electrons. The van der Waals surface area contributed by atoms with Crippen molar-refractivity contribution in [2.24, 2.45) is 10.7 Å². The molecule has 0 aromatic heterocycles. The van der Waals surface area contributed by atoms with E-state index in [2.05, 4.69) is 36.1 Å². The van der Waals surface area contributed by atoms with E-state index in [0.29, 0.717) is 18.0 Å². The Bertz CT molecular complexity index is 221. The van der Waals surface area contributed by atoms with E-state index in [0.717, 1.165) is 19.5 Å². The molecule has 0 heterocycles. The summed E-state index contributed by atoms with van der Waals surface area (Å²) in [5.74, 6) is 0.625. The van der Waals surface area contributed by atoms with Crippen LogP contribution < -0.4 is 11.1 Å². The number of nitrogens with zero attached hydrogens (tertiary/aromatic N) is 2. The molecule has 1 aliphatic rings. The van der Waals surface area contributed by atoms with Crippen LogP contribution in [0.5, 0.6) is 0 Å². The molecule has 1 aliphatic carbocycles. The highest BCUT2D eigenvalue weighted by molar-refractivity contribution is 5.78. The van der Waals surface area contributed by atoms with E-state index < -0.39 is 0 Å². The molecule has 94 valence electrons. The molecule has 0 spiro atoms. The van der Waals surface area contributed by atoms with Gasteiger partial charge in [-0.2, -0.15) is 0 Å². The second kappa shape index (κ2) is 6.74. The molecule has 4 nitrogen and oxygen atoms in total. The zero-order chi connectivity index (χ0) is 12.0. The van der Waals surface area contributed by atoms with Crippen molar-refractivity contribution in [3.63, 3.8) is 0 Å². The van der Waals surface area contributed by atoms with Crippen LogP contribution in [-0.4, -0.2) is 43.1 Å². The van der Waals surface area contributed by atoms with Gasteiger partial charge < -0.3 is 16.0 Å². The van der Waals surface area contributed by atoms with Gasteiger partial charge in [-0.1, -0.05) is 0 Å². The van der Waals surface area contributed by atoms with Crippen LogP contribution in [0.1, 0.15) is 39.5 Å². The first-order chi connectivity index (χ1) is 7.59. The van der Waals surface area contributed by atoms with E-state index >= 15 is 0 Å². The van der Waals surface area contributed by atoms with Crippen LogP contribution in [-0.2, 0) is 0 Å². The van der Waals surface area contributed by atoms with E-state index in [-0.39, 0.29) is 0 Å². The molecular weight excluding hydrogens is 200 g/mol. The van der Waals surface area contributed by atoms with Gasteiger partial charge >= 0.3 is 0 Å². The second-order valence-electron chi connectivity index (χ2n) is 4.97. The predicted molar refractivity (Wildman–Crippen MR) is 69.6 cm³/mol. The van der Waals surface area contributed by atoms with Gasteiger partial charge in [0.2, 0.25) is 0 Å². The highest BCUT2D eigenvalue weighted by atomic mass is 15.1. The monoisotopic (exact) mass is 226 g/mol. The number of unbranched alkanes of at least 4 members (excludes halogenated alkanes) is 1. The number of nitrogens with one attached hydrogen (secondary N) is 1. The van der Waals surface area contributed by atoms with Crippen molar-refractivity contribution >= 4 is 5.96 Å². The topological polar surface area (TPSA) is 53.6 Å². The molecule has 0 unspecified atom stereocenters. The summed E-state index contributed by atoms with van der Waals surface area (Å²) in [7, 11) is 2.16. The van der Waals surface area contributed by atoms with Crippen molar-refractivity contribution in [1.82, 2.24) is 10.2 Å². The molecule has 0 aromatic rings. The molecule has 3 N–H and O–H groups in total. The number of hydrogen-bond donors (Lipinski definition) is 2. The molecule has 0 bridgehead atoms. The highest BCUT2D eigenvalue weighted by Gasteiger charge is 2.21. The van der Waals surface area contributed by atoms with E-state index in [1.54, 1.807) is 0 Å². The molecule has 0 saturated heterocycles. The lowest BCUT2D eigenvalue weighted by molar-refractivity contribution is 0.269. The molecule has 1 rings (SSSR count). The van der Waals surface area contributed by atoms with Gasteiger partial charge in [0.15, 0.2) is 5.96 Å². The molecular formula is C12H26N4. The molecule has 0 amide bonds. The van der Waals surface area contributed by atoms with Gasteiger partial charge in [-0.15, -0.1) is 0 Å². The summed E-state index contributed by atoms with van der Waals surface area (Å²) in [5, 5.41) is 3.19. The third-order valence-electron chi connectivity index (χ3n) is 3.01. The minimum Gasteiger partial charge on any atom is -0.370 e. The maximum absolute atomic E-state index is 5.73. The number of hydrogen-bond acceptors (Lipinski definition) is 2. The normalized spacial score (nSPS) is 17.2. The predicted octanol–water partition coefficient (Wildman–Crippen LogP) is 1.17. The smallest absolute Gasteiger partial charge is 0.188 e. The second-order valence-corrected chi connectivity index (χ2v) is 4.97. The summed E-state index contributed by atoms with van der Waals surface area (Å²) in [6.45, 7) is 6.42. The number of aliphatic imine (C=N–C) groups is 1. The summed E-state index contributed by atoms with van der Waals surface area (Å²) in [6, 6.07) is 1.24. The van der Waals surface area contributed by atoms with E-state index in [1.165, 1.54) is 19.3 Å². The number of rotatable bonds is 7. The van der Waals surface area contributed by atoms with Crippen LogP contribution >= 0.6 is 0 Å². The van der Waals surface area contributed by atoms with E-state index in [1.807, 2.05) is 0 Å². The molecule has 1 fully saturated rings. The van der Waals surface area contributed by atoms with Crippen LogP contribution in [0.2, 0.25) is 0 Å². The maximum Gasteiger partial charge on any atom is 0.188 e. The van der Waals surface area contributed by atoms with Crippen molar-refractivity contribution in [3.05, 3.63) is 0 Å². The third-order valence-corrected chi connectivity index (χ3v) is 3.01. The van der Waals surface area contributed by atoms with Gasteiger partial charge in [0.25, 0.3) is 0 Å². The van der Waals surface area contributed by atoms with Crippen LogP contribution in [0.25, 0.3) is 0 Å². The first kappa shape index (κ1) is 13.3. The van der Waals surface area contributed by atoms with Gasteiger partial charge in [-0.05, 0) is 53.1 Å². The number of guanidine groups is 1. The minimum absolute atomic E-state index is 0.607. The van der Waals surface area contributed by atoms with Crippen molar-refractivity contribution < 1.29 is 0 Å². The van der Waals surface area contributed by atoms with Crippen molar-refractivity contribution in [3.8, 4) is 0 Å². The summed E-state index contributed by atoms with van der Waals surface area (Å²) in [4.78, 5) is 6.67. The Hall–Kier alpha value is -0.770. The third kappa shape index (κ3) is 5.95. The number of nitrogens with two attached hydrogens (primary N) is 1. The van der Waals surface area contributed by atoms with Gasteiger partial charge in [0.1, 0.15) is 0 Å². The Labute approximate surface area is 99.3 Å². The lowest BCUT2D eigenvalue weighted by atomic mass is 10.2. The van der Waals surface area contributed by atoms with Crippen LogP contribution in [0.3, 0.4) is 0 Å². The average Bonchev–Trinajstić information content (AvgIpc) is 3.00. The highest BCUT2D eigenvalue weighted by Crippen LogP contribution is 2.17. The molecule has 0 aliphatic heterocycles. The van der Waals surface area contributed by atoms with Gasteiger partial charge in [-0.3, -0.25) is 4.99 Å². The van der Waals surface area contributed by atoms with E-state index in [9.17, 15) is 0 Å². The van der Waals surface area contributed by atoms with Crippen LogP contribution in [0, 0.1) is 0 Å². The summed E-state index contributed by atoms with van der Waals surface area (Å²) >= 11 is 0. The average molecular weight is 226 g/mol. The van der Waals surface area contributed by atoms with Crippen LogP contribution in [0.15, 0.2) is 4.99 Å². The zero-order valence-corrected chi connectivity index (χ0v) is 10.9. The largest absolute Gasteiger partial charge is 0.370 e. The maximum atomic E-state index is 5.73. The Morgan fingerprint density at radius 2 is 2.12 bits per heavy atom. The molecule has 0 atom stereocenters. The fraction of sp³-hybridized carbons (Fsp3) is 0.917. The summed E-state index contributed by atoms with van der Waals surface area (Å²) in [5.41, 5.74) is 5.73. The van der Waals surface area contributed by atoms with Crippen molar-refractivity contribution in [2.45, 2.75) is 51.6 Å². The summed E-state index contributed by atoms with van der Waals surface area (Å²) in [6.07, 6.45) is 4.80. The Kier molecular flexibility index (Phi) is 5.60. The summed E-state index contributed by atoms with van der Waals surface area (Å²) < 4.78 is 0. The lowest BCUT2D eigenvalue weighted by Gasteiger charge is -2.20. The quantitative estimate of drug-likeness (QED) is 0.389. The van der Waals surface area contributed by atoms with Crippen molar-refractivity contribution in [1.29, 1.82) is 0 Å². The Morgan fingerprint density at radius 3 is 2.69 bits per heavy atom. The van der Waals surface area contributed by atoms with E-state index in [4.69, 9.17) is 5.73 Å². The minimum atomic E-state index is 0.607. The SMILES string of the molecule is CC(C)N(C)CCCCN=C(N)NC1CC1. The zero-order valence-electron chi connectivity index (χ0n) is 10.9. The molecule has 0 aromatic carbocycles. The first-order valence-corrected chi connectivity index (χ1v) is 6.36. The fourth-order valence-electron chi connectivity index (χ4n) is 1.41. The van der Waals surface area contributed by atoms with Gasteiger partial charge in [0, 0.05) is 18.6 Å². The molecule has 1 saturated carbocycles. The Morgan fingerprint density at radius 1 is 1.44 bits per heavy atom. The molecule has 16 heavy (non-hydrogen) atoms. The van der Waals surface area contributed by atoms with Gasteiger partial charge in [0.05, 0.1) is 0 Å². The van der Waals surface area contributed by atoms with Gasteiger partial charge in [-0.25, -0.2) is 0 Å². The fourth-order valence-corrected chi connectivity index (χ4v) is 1.41. The van der Waals surface area contributed by atoms with Crippen LogP contribution in [0.4, 0.5) is 0 Å². The lowest BCUT2D eigenvalue weighted by Crippen LogP contribution is -2.33.